The van der Waals surface area contributed by atoms with Gasteiger partial charge < -0.3 is 20.5 Å². The van der Waals surface area contributed by atoms with E-state index in [0.29, 0.717) is 12.3 Å². The smallest absolute Gasteiger partial charge is 0.257 e. The summed E-state index contributed by atoms with van der Waals surface area (Å²) in [6, 6.07) is 9.52. The maximum Gasteiger partial charge on any atom is 0.257 e. The lowest BCUT2D eigenvalue weighted by Gasteiger charge is -2.26. The molecule has 4 rings (SSSR count). The second-order valence-corrected chi connectivity index (χ2v) is 10.6. The average molecular weight is 518 g/mol. The number of amides is 1. The van der Waals surface area contributed by atoms with E-state index in [1.54, 1.807) is 23.1 Å². The maximum atomic E-state index is 12.2. The second-order valence-electron chi connectivity index (χ2n) is 7.59. The monoisotopic (exact) mass is 517 g/mol. The molecule has 0 spiro atoms. The molecule has 0 bridgehead atoms. The molecule has 0 atom stereocenters. The number of nitrogens with two attached hydrogens (primary N) is 1. The first-order valence-corrected chi connectivity index (χ1v) is 13.7. The number of thiophene rings is 1. The van der Waals surface area contributed by atoms with Crippen molar-refractivity contribution in [3.8, 4) is 27.6 Å². The van der Waals surface area contributed by atoms with Crippen molar-refractivity contribution in [1.29, 1.82) is 5.41 Å². The molecule has 0 unspecified atom stereocenters. The molecule has 1 saturated heterocycles. The Morgan fingerprint density at radius 1 is 1.35 bits per heavy atom. The molecular formula is C23H27N5O3S3. The zero-order chi connectivity index (χ0) is 23.9. The van der Waals surface area contributed by atoms with Gasteiger partial charge >= 0.3 is 0 Å². The topological polar surface area (TPSA) is 114 Å². The Morgan fingerprint density at radius 2 is 2.18 bits per heavy atom. The summed E-state index contributed by atoms with van der Waals surface area (Å²) < 4.78 is 12.1. The van der Waals surface area contributed by atoms with Crippen LogP contribution in [-0.2, 0) is 9.53 Å². The van der Waals surface area contributed by atoms with Gasteiger partial charge in [-0.15, -0.1) is 34.4 Å². The summed E-state index contributed by atoms with van der Waals surface area (Å²) in [6.07, 6.45) is 2.01. The lowest BCUT2D eigenvalue weighted by molar-refractivity contribution is -0.123. The highest BCUT2D eigenvalue weighted by Gasteiger charge is 2.16. The van der Waals surface area contributed by atoms with E-state index in [4.69, 9.17) is 25.6 Å². The van der Waals surface area contributed by atoms with E-state index in [1.165, 1.54) is 11.3 Å². The molecule has 11 heteroatoms. The van der Waals surface area contributed by atoms with Crippen molar-refractivity contribution in [3.05, 3.63) is 40.6 Å². The van der Waals surface area contributed by atoms with Crippen LogP contribution >= 0.6 is 34.4 Å². The number of nitrogens with zero attached hydrogens (tertiary/aromatic N) is 2. The van der Waals surface area contributed by atoms with Crippen LogP contribution in [0.5, 0.6) is 5.75 Å². The third-order valence-electron chi connectivity index (χ3n) is 5.24. The standard InChI is InChI=1S/C23H27N5O3S3/c1-32-23-17(12-19(34-23)21(24)25)22-27-18(14-33-22)15-3-2-4-16(11-15)31-13-20(29)26-5-6-28-7-9-30-10-8-28/h2-4,11-12,14H,5-10,13H2,1H3,(H3,24,25)(H,26,29). The normalized spacial score (nSPS) is 14.1. The van der Waals surface area contributed by atoms with E-state index in [2.05, 4.69) is 10.2 Å². The van der Waals surface area contributed by atoms with Crippen molar-refractivity contribution in [2.75, 3.05) is 52.3 Å². The second kappa shape index (κ2) is 11.8. The number of nitrogen functional groups attached to an aromatic ring is 1. The van der Waals surface area contributed by atoms with E-state index in [0.717, 1.165) is 63.8 Å². The highest BCUT2D eigenvalue weighted by molar-refractivity contribution is 8.00. The molecular weight excluding hydrogens is 490 g/mol. The fraction of sp³-hybridized carbons (Fsp3) is 0.348. The van der Waals surface area contributed by atoms with Crippen LogP contribution in [0.1, 0.15) is 4.88 Å². The highest BCUT2D eigenvalue weighted by Crippen LogP contribution is 2.40. The zero-order valence-corrected chi connectivity index (χ0v) is 21.3. The molecule has 180 valence electrons. The number of rotatable bonds is 10. The minimum absolute atomic E-state index is 0.0330. The Hall–Kier alpha value is -2.44. The van der Waals surface area contributed by atoms with Crippen LogP contribution in [0.15, 0.2) is 39.9 Å². The first-order valence-electron chi connectivity index (χ1n) is 10.8. The number of carbonyl (C=O) groups is 1. The molecule has 3 heterocycles. The molecule has 1 fully saturated rings. The molecule has 0 saturated carbocycles. The largest absolute Gasteiger partial charge is 0.484 e. The van der Waals surface area contributed by atoms with Crippen LogP contribution < -0.4 is 15.8 Å². The van der Waals surface area contributed by atoms with E-state index < -0.39 is 0 Å². The van der Waals surface area contributed by atoms with Crippen LogP contribution in [0.25, 0.3) is 21.8 Å². The minimum atomic E-state index is -0.141. The maximum absolute atomic E-state index is 12.2. The first kappa shape index (κ1) is 24.7. The van der Waals surface area contributed by atoms with Crippen molar-refractivity contribution in [2.24, 2.45) is 5.73 Å². The van der Waals surface area contributed by atoms with Crippen molar-refractivity contribution in [2.45, 2.75) is 4.21 Å². The number of nitrogens with one attached hydrogen (secondary N) is 2. The van der Waals surface area contributed by atoms with Gasteiger partial charge in [0.25, 0.3) is 5.91 Å². The molecule has 4 N–H and O–H groups in total. The molecule has 34 heavy (non-hydrogen) atoms. The van der Waals surface area contributed by atoms with Crippen molar-refractivity contribution < 1.29 is 14.3 Å². The minimum Gasteiger partial charge on any atom is -0.484 e. The lowest BCUT2D eigenvalue weighted by atomic mass is 10.1. The molecule has 3 aromatic rings. The number of carbonyl (C=O) groups excluding carboxylic acids is 1. The van der Waals surface area contributed by atoms with Gasteiger partial charge in [0, 0.05) is 42.7 Å². The fourth-order valence-corrected chi connectivity index (χ4v) is 6.17. The third-order valence-corrected chi connectivity index (χ3v) is 8.42. The first-order chi connectivity index (χ1) is 16.5. The number of thioether (sulfide) groups is 1. The SMILES string of the molecule is CSc1sc(C(=N)N)cc1-c1nc(-c2cccc(OCC(=O)NCCN3CCOCC3)c2)cs1. The average Bonchev–Trinajstić information content (AvgIpc) is 3.51. The van der Waals surface area contributed by atoms with Crippen LogP contribution in [0.2, 0.25) is 0 Å². The number of thiazole rings is 1. The number of hydrogen-bond acceptors (Lipinski definition) is 9. The summed E-state index contributed by atoms with van der Waals surface area (Å²) in [6.45, 7) is 4.68. The van der Waals surface area contributed by atoms with E-state index in [1.807, 2.05) is 42.0 Å². The van der Waals surface area contributed by atoms with E-state index in [9.17, 15) is 4.79 Å². The summed E-state index contributed by atoms with van der Waals surface area (Å²) in [5, 5.41) is 13.5. The third kappa shape index (κ3) is 6.36. The Bertz CT molecular complexity index is 1140. The van der Waals surface area contributed by atoms with Gasteiger partial charge in [-0.05, 0) is 24.5 Å². The summed E-state index contributed by atoms with van der Waals surface area (Å²) in [7, 11) is 0. The number of benzene rings is 1. The summed E-state index contributed by atoms with van der Waals surface area (Å²) >= 11 is 4.68. The van der Waals surface area contributed by atoms with Gasteiger partial charge in [0.15, 0.2) is 6.61 Å². The van der Waals surface area contributed by atoms with Crippen LogP contribution in [0.4, 0.5) is 0 Å². The molecule has 1 aliphatic heterocycles. The fourth-order valence-electron chi connectivity index (χ4n) is 3.46. The number of morpholine rings is 1. The van der Waals surface area contributed by atoms with Gasteiger partial charge in [-0.25, -0.2) is 4.98 Å². The van der Waals surface area contributed by atoms with Gasteiger partial charge in [0.05, 0.1) is 28.0 Å². The molecule has 8 nitrogen and oxygen atoms in total. The van der Waals surface area contributed by atoms with Crippen molar-refractivity contribution >= 4 is 46.2 Å². The number of ether oxygens (including phenoxy) is 2. The Kier molecular flexibility index (Phi) is 8.57. The molecule has 1 aliphatic rings. The van der Waals surface area contributed by atoms with Crippen LogP contribution in [0, 0.1) is 5.41 Å². The molecule has 0 radical (unpaired) electrons. The Morgan fingerprint density at radius 3 is 2.94 bits per heavy atom. The van der Waals surface area contributed by atoms with Gasteiger partial charge in [-0.1, -0.05) is 12.1 Å². The summed E-state index contributed by atoms with van der Waals surface area (Å²) in [5.41, 5.74) is 8.42. The molecule has 0 aliphatic carbocycles. The predicted octanol–water partition coefficient (Wildman–Crippen LogP) is 3.37. The van der Waals surface area contributed by atoms with Gasteiger partial charge in [0.2, 0.25) is 0 Å². The number of hydrogen-bond donors (Lipinski definition) is 3. The number of amidine groups is 1. The van der Waals surface area contributed by atoms with Crippen LogP contribution in [0.3, 0.4) is 0 Å². The van der Waals surface area contributed by atoms with Crippen LogP contribution in [-0.4, -0.2) is 73.9 Å². The quantitative estimate of drug-likeness (QED) is 0.215. The van der Waals surface area contributed by atoms with E-state index >= 15 is 0 Å². The van der Waals surface area contributed by atoms with Gasteiger partial charge in [-0.2, -0.15) is 0 Å². The van der Waals surface area contributed by atoms with Gasteiger partial charge in [-0.3, -0.25) is 15.1 Å². The lowest BCUT2D eigenvalue weighted by Crippen LogP contribution is -2.42. The molecule has 1 amide bonds. The number of aromatic nitrogens is 1. The Balaban J connectivity index is 1.34. The predicted molar refractivity (Wildman–Crippen MR) is 139 cm³/mol. The molecule has 1 aromatic carbocycles. The zero-order valence-electron chi connectivity index (χ0n) is 18.8. The van der Waals surface area contributed by atoms with E-state index in [-0.39, 0.29) is 18.3 Å². The summed E-state index contributed by atoms with van der Waals surface area (Å²) in [5.74, 6) is 0.547. The Labute approximate surface area is 211 Å². The highest BCUT2D eigenvalue weighted by atomic mass is 32.2. The van der Waals surface area contributed by atoms with Crippen molar-refractivity contribution in [3.63, 3.8) is 0 Å². The van der Waals surface area contributed by atoms with Crippen molar-refractivity contribution in [1.82, 2.24) is 15.2 Å². The molecule has 2 aromatic heterocycles. The van der Waals surface area contributed by atoms with Gasteiger partial charge in [0.1, 0.15) is 16.6 Å². The summed E-state index contributed by atoms with van der Waals surface area (Å²) in [4.78, 5) is 20.0.